The maximum Gasteiger partial charge on any atom is 0.222 e. The summed E-state index contributed by atoms with van der Waals surface area (Å²) in [7, 11) is 1.60. The SMILES string of the molecule is CN=C(NCC(C)Oc1cccc(F)c1)NCC(Cc1ccc(F)cc1)C(N)=O. The lowest BCUT2D eigenvalue weighted by atomic mass is 9.98. The van der Waals surface area contributed by atoms with E-state index in [1.807, 2.05) is 6.92 Å². The number of aliphatic imine (C=N–C) groups is 1. The number of guanidine groups is 1. The van der Waals surface area contributed by atoms with Gasteiger partial charge < -0.3 is 21.1 Å². The molecule has 0 spiro atoms. The molecule has 0 aliphatic carbocycles. The minimum atomic E-state index is -0.486. The third kappa shape index (κ3) is 7.77. The lowest BCUT2D eigenvalue weighted by molar-refractivity contribution is -0.121. The molecule has 0 radical (unpaired) electrons. The van der Waals surface area contributed by atoms with Gasteiger partial charge in [0.2, 0.25) is 5.91 Å². The number of halogens is 2. The van der Waals surface area contributed by atoms with Gasteiger partial charge in [-0.2, -0.15) is 0 Å². The Bertz CT molecular complexity index is 828. The number of nitrogens with two attached hydrogens (primary N) is 1. The fourth-order valence-corrected chi connectivity index (χ4v) is 2.67. The van der Waals surface area contributed by atoms with E-state index in [-0.39, 0.29) is 24.3 Å². The van der Waals surface area contributed by atoms with Gasteiger partial charge in [-0.25, -0.2) is 8.78 Å². The number of nitrogens with zero attached hydrogens (tertiary/aromatic N) is 1. The van der Waals surface area contributed by atoms with E-state index >= 15 is 0 Å². The van der Waals surface area contributed by atoms with Gasteiger partial charge in [-0.1, -0.05) is 18.2 Å². The van der Waals surface area contributed by atoms with E-state index in [2.05, 4.69) is 15.6 Å². The molecule has 0 bridgehead atoms. The minimum Gasteiger partial charge on any atom is -0.489 e. The van der Waals surface area contributed by atoms with Crippen LogP contribution >= 0.6 is 0 Å². The summed E-state index contributed by atoms with van der Waals surface area (Å²) < 4.78 is 31.9. The molecule has 8 heteroatoms. The van der Waals surface area contributed by atoms with Crippen molar-refractivity contribution >= 4 is 11.9 Å². The molecule has 2 aromatic rings. The first-order chi connectivity index (χ1) is 13.9. The van der Waals surface area contributed by atoms with Crippen LogP contribution in [0, 0.1) is 17.6 Å². The molecule has 0 saturated heterocycles. The van der Waals surface area contributed by atoms with Crippen molar-refractivity contribution in [1.29, 1.82) is 0 Å². The van der Waals surface area contributed by atoms with Gasteiger partial charge in [0.05, 0.1) is 12.5 Å². The van der Waals surface area contributed by atoms with Crippen molar-refractivity contribution in [3.8, 4) is 5.75 Å². The van der Waals surface area contributed by atoms with Crippen LogP contribution in [0.2, 0.25) is 0 Å². The molecule has 0 aromatic heterocycles. The zero-order valence-electron chi connectivity index (χ0n) is 16.5. The van der Waals surface area contributed by atoms with Crippen molar-refractivity contribution in [3.05, 3.63) is 65.7 Å². The van der Waals surface area contributed by atoms with Crippen LogP contribution in [0.25, 0.3) is 0 Å². The van der Waals surface area contributed by atoms with Gasteiger partial charge in [-0.05, 0) is 43.2 Å². The molecule has 1 amide bonds. The number of benzene rings is 2. The molecule has 29 heavy (non-hydrogen) atoms. The zero-order chi connectivity index (χ0) is 21.2. The predicted octanol–water partition coefficient (Wildman–Crippen LogP) is 2.24. The van der Waals surface area contributed by atoms with Crippen molar-refractivity contribution in [2.45, 2.75) is 19.4 Å². The summed E-state index contributed by atoms with van der Waals surface area (Å²) in [4.78, 5) is 15.9. The number of ether oxygens (including phenoxy) is 1. The molecule has 156 valence electrons. The Labute approximate surface area is 169 Å². The largest absolute Gasteiger partial charge is 0.489 e. The van der Waals surface area contributed by atoms with E-state index in [4.69, 9.17) is 10.5 Å². The van der Waals surface area contributed by atoms with E-state index in [0.29, 0.717) is 24.7 Å². The van der Waals surface area contributed by atoms with Crippen LogP contribution in [0.1, 0.15) is 12.5 Å². The Hall–Kier alpha value is -3.16. The maximum atomic E-state index is 13.2. The molecule has 0 aliphatic rings. The zero-order valence-corrected chi connectivity index (χ0v) is 16.5. The number of carbonyl (C=O) groups is 1. The molecule has 2 atom stereocenters. The summed E-state index contributed by atoms with van der Waals surface area (Å²) in [6, 6.07) is 11.9. The number of hydrogen-bond acceptors (Lipinski definition) is 3. The van der Waals surface area contributed by atoms with Crippen LogP contribution in [-0.4, -0.2) is 38.1 Å². The first kappa shape index (κ1) is 22.1. The smallest absolute Gasteiger partial charge is 0.222 e. The standard InChI is InChI=1S/C21H26F2N4O2/c1-14(29-19-5-3-4-18(23)11-19)12-26-21(25-2)27-13-16(20(24)28)10-15-6-8-17(22)9-7-15/h3-9,11,14,16H,10,12-13H2,1-2H3,(H2,24,28)(H2,25,26,27). The highest BCUT2D eigenvalue weighted by molar-refractivity contribution is 5.81. The summed E-state index contributed by atoms with van der Waals surface area (Å²) in [5.74, 6) is -0.721. The first-order valence-corrected chi connectivity index (χ1v) is 9.28. The molecule has 0 aliphatic heterocycles. The lowest BCUT2D eigenvalue weighted by Gasteiger charge is -2.20. The number of nitrogens with one attached hydrogen (secondary N) is 2. The van der Waals surface area contributed by atoms with E-state index in [9.17, 15) is 13.6 Å². The van der Waals surface area contributed by atoms with Crippen LogP contribution < -0.4 is 21.1 Å². The molecule has 4 N–H and O–H groups in total. The monoisotopic (exact) mass is 404 g/mol. The van der Waals surface area contributed by atoms with Crippen LogP contribution in [0.3, 0.4) is 0 Å². The summed E-state index contributed by atoms with van der Waals surface area (Å²) in [5.41, 5.74) is 6.32. The maximum absolute atomic E-state index is 13.2. The number of carbonyl (C=O) groups excluding carboxylic acids is 1. The van der Waals surface area contributed by atoms with E-state index in [1.54, 1.807) is 31.3 Å². The fraction of sp³-hybridized carbons (Fsp3) is 0.333. The summed E-state index contributed by atoms with van der Waals surface area (Å²) in [6.45, 7) is 2.52. The molecular weight excluding hydrogens is 378 g/mol. The van der Waals surface area contributed by atoms with Crippen LogP contribution in [0.15, 0.2) is 53.5 Å². The summed E-state index contributed by atoms with van der Waals surface area (Å²) in [6.07, 6.45) is 0.139. The number of hydrogen-bond donors (Lipinski definition) is 3. The summed E-state index contributed by atoms with van der Waals surface area (Å²) >= 11 is 0. The van der Waals surface area contributed by atoms with Crippen LogP contribution in [0.5, 0.6) is 5.75 Å². The number of primary amides is 1. The van der Waals surface area contributed by atoms with Crippen molar-refractivity contribution in [1.82, 2.24) is 10.6 Å². The third-order valence-electron chi connectivity index (χ3n) is 4.23. The Morgan fingerprint density at radius 2 is 1.79 bits per heavy atom. The van der Waals surface area contributed by atoms with Crippen LogP contribution in [-0.2, 0) is 11.2 Å². The highest BCUT2D eigenvalue weighted by Crippen LogP contribution is 2.13. The van der Waals surface area contributed by atoms with E-state index < -0.39 is 11.8 Å². The van der Waals surface area contributed by atoms with Crippen LogP contribution in [0.4, 0.5) is 8.78 Å². The van der Waals surface area contributed by atoms with Gasteiger partial charge in [0.25, 0.3) is 0 Å². The second-order valence-electron chi connectivity index (χ2n) is 6.65. The number of rotatable bonds is 9. The predicted molar refractivity (Wildman–Crippen MR) is 109 cm³/mol. The molecule has 0 fully saturated rings. The molecule has 6 nitrogen and oxygen atoms in total. The molecule has 2 aromatic carbocycles. The second kappa shape index (κ2) is 11.0. The average Bonchev–Trinajstić information content (AvgIpc) is 2.68. The molecule has 0 saturated carbocycles. The normalized spacial score (nSPS) is 13.4. The van der Waals surface area contributed by atoms with Gasteiger partial charge in [-0.15, -0.1) is 0 Å². The quantitative estimate of drug-likeness (QED) is 0.442. The third-order valence-corrected chi connectivity index (χ3v) is 4.23. The lowest BCUT2D eigenvalue weighted by Crippen LogP contribution is -2.45. The average molecular weight is 404 g/mol. The van der Waals surface area contributed by atoms with Crippen molar-refractivity contribution in [2.24, 2.45) is 16.6 Å². The highest BCUT2D eigenvalue weighted by Gasteiger charge is 2.17. The molecular formula is C21H26F2N4O2. The molecule has 2 unspecified atom stereocenters. The van der Waals surface area contributed by atoms with Gasteiger partial charge in [0.1, 0.15) is 23.5 Å². The van der Waals surface area contributed by atoms with Crippen molar-refractivity contribution in [2.75, 3.05) is 20.1 Å². The van der Waals surface area contributed by atoms with Gasteiger partial charge in [0.15, 0.2) is 5.96 Å². The summed E-state index contributed by atoms with van der Waals surface area (Å²) in [5, 5.41) is 6.15. The fourth-order valence-electron chi connectivity index (χ4n) is 2.67. The first-order valence-electron chi connectivity index (χ1n) is 9.28. The van der Waals surface area contributed by atoms with Crippen molar-refractivity contribution in [3.63, 3.8) is 0 Å². The Kier molecular flexibility index (Phi) is 8.39. The Morgan fingerprint density at radius 3 is 2.41 bits per heavy atom. The van der Waals surface area contributed by atoms with E-state index in [1.165, 1.54) is 24.3 Å². The number of amides is 1. The molecule has 0 heterocycles. The topological polar surface area (TPSA) is 88.7 Å². The van der Waals surface area contributed by atoms with Crippen molar-refractivity contribution < 1.29 is 18.3 Å². The Balaban J connectivity index is 1.82. The minimum absolute atomic E-state index is 0.249. The second-order valence-corrected chi connectivity index (χ2v) is 6.65. The van der Waals surface area contributed by atoms with E-state index in [0.717, 1.165) is 5.56 Å². The van der Waals surface area contributed by atoms with Gasteiger partial charge >= 0.3 is 0 Å². The van der Waals surface area contributed by atoms with Gasteiger partial charge in [0, 0.05) is 19.7 Å². The molecule has 2 rings (SSSR count). The Morgan fingerprint density at radius 1 is 1.10 bits per heavy atom. The highest BCUT2D eigenvalue weighted by atomic mass is 19.1. The van der Waals surface area contributed by atoms with Gasteiger partial charge in [-0.3, -0.25) is 9.79 Å².